The molecule has 0 aromatic rings. The Morgan fingerprint density at radius 1 is 0.870 bits per heavy atom. The maximum Gasteiger partial charge on any atom is 0.344 e. The standard InChI is InChI=1S/C52H82N2O15/c1-30-15-11-10-12-16-31(2)42(65-8)27-38-20-18-36(7)52(64,69-38)49(61)50(62)54-22-14-13-17-39(54)51(63)68-43(33(4)25-37-19-21-40(55)44(26-37)66-9)28-41(56)32(3)24-35(6)47(59)48(60)46(34(5)23-30)53-67-29-45(57)58/h10-12,15-16,24,30,32-34,36-44,47-48,55-56,59-60,64H,13-14,17-23,25-29H2,1-9H3,(H,57,58)/b12-10+,15-11+,31-16+,35-24+,53-46-/t30-,32-,33-,34-,36-,37+,38+,39+,40-,41-,42+,43+,44-,47-,48+,52-/m1/s1. The lowest BCUT2D eigenvalue weighted by Crippen LogP contribution is -2.61. The third-order valence-corrected chi connectivity index (χ3v) is 14.8. The van der Waals surface area contributed by atoms with Crippen molar-refractivity contribution in [2.24, 2.45) is 40.7 Å². The molecule has 3 aliphatic heterocycles. The molecule has 0 spiro atoms. The number of aliphatic carboxylic acids is 1. The minimum Gasteiger partial charge on any atom is -0.479 e. The molecule has 17 nitrogen and oxygen atoms in total. The van der Waals surface area contributed by atoms with Crippen LogP contribution in [0.5, 0.6) is 0 Å². The molecular formula is C52H82N2O15. The highest BCUT2D eigenvalue weighted by Crippen LogP contribution is 2.38. The largest absolute Gasteiger partial charge is 0.479 e. The number of carbonyl (C=O) groups is 4. The van der Waals surface area contributed by atoms with Crippen LogP contribution < -0.4 is 0 Å². The number of ketones is 1. The van der Waals surface area contributed by atoms with Crippen LogP contribution in [0.15, 0.2) is 52.8 Å². The van der Waals surface area contributed by atoms with Gasteiger partial charge in [0.15, 0.2) is 0 Å². The van der Waals surface area contributed by atoms with Crippen molar-refractivity contribution < 1.29 is 73.6 Å². The number of hydrogen-bond donors (Lipinski definition) is 6. The van der Waals surface area contributed by atoms with Crippen LogP contribution in [0.2, 0.25) is 0 Å². The smallest absolute Gasteiger partial charge is 0.344 e. The number of hydrogen-bond acceptors (Lipinski definition) is 15. The van der Waals surface area contributed by atoms with Crippen LogP contribution >= 0.6 is 0 Å². The molecule has 1 amide bonds. The third-order valence-electron chi connectivity index (χ3n) is 14.8. The molecule has 16 atom stereocenters. The van der Waals surface area contributed by atoms with Crippen LogP contribution in [0.1, 0.15) is 126 Å². The van der Waals surface area contributed by atoms with Crippen molar-refractivity contribution in [3.8, 4) is 0 Å². The Morgan fingerprint density at radius 2 is 1.59 bits per heavy atom. The van der Waals surface area contributed by atoms with E-state index in [1.807, 2.05) is 51.2 Å². The fraction of sp³-hybridized carbons (Fsp3) is 0.750. The number of amides is 1. The van der Waals surface area contributed by atoms with E-state index >= 15 is 0 Å². The first-order valence-corrected chi connectivity index (χ1v) is 25.0. The van der Waals surface area contributed by atoms with Crippen LogP contribution in [-0.4, -0.2) is 153 Å². The van der Waals surface area contributed by atoms with Crippen molar-refractivity contribution in [2.75, 3.05) is 27.4 Å². The average Bonchev–Trinajstić information content (AvgIpc) is 3.31. The van der Waals surface area contributed by atoms with Gasteiger partial charge in [-0.15, -0.1) is 0 Å². The average molecular weight is 975 g/mol. The van der Waals surface area contributed by atoms with E-state index in [0.717, 1.165) is 5.57 Å². The lowest BCUT2D eigenvalue weighted by atomic mass is 9.78. The second-order valence-electron chi connectivity index (χ2n) is 20.4. The maximum atomic E-state index is 14.4. The monoisotopic (exact) mass is 975 g/mol. The molecule has 69 heavy (non-hydrogen) atoms. The van der Waals surface area contributed by atoms with E-state index in [-0.39, 0.29) is 49.0 Å². The van der Waals surface area contributed by atoms with Crippen molar-refractivity contribution >= 4 is 29.3 Å². The van der Waals surface area contributed by atoms with Gasteiger partial charge in [-0.05, 0) is 107 Å². The number of carboxylic acid groups (broad SMARTS) is 1. The molecule has 2 bridgehead atoms. The van der Waals surface area contributed by atoms with Gasteiger partial charge < -0.3 is 59.3 Å². The van der Waals surface area contributed by atoms with Gasteiger partial charge in [-0.3, -0.25) is 9.59 Å². The summed E-state index contributed by atoms with van der Waals surface area (Å²) in [5, 5.41) is 70.6. The summed E-state index contributed by atoms with van der Waals surface area (Å²) < 4.78 is 23.9. The molecule has 4 aliphatic rings. The van der Waals surface area contributed by atoms with Crippen molar-refractivity contribution in [3.63, 3.8) is 0 Å². The zero-order valence-corrected chi connectivity index (χ0v) is 42.3. The van der Waals surface area contributed by atoms with Gasteiger partial charge in [0.1, 0.15) is 24.4 Å². The van der Waals surface area contributed by atoms with Crippen molar-refractivity contribution in [2.45, 2.75) is 186 Å². The van der Waals surface area contributed by atoms with Gasteiger partial charge in [0.05, 0.1) is 36.2 Å². The molecule has 0 unspecified atom stereocenters. The maximum absolute atomic E-state index is 14.4. The summed E-state index contributed by atoms with van der Waals surface area (Å²) in [7, 11) is 3.12. The van der Waals surface area contributed by atoms with Crippen molar-refractivity contribution in [3.05, 3.63) is 47.6 Å². The normalized spacial score (nSPS) is 40.3. The first kappa shape index (κ1) is 57.8. The number of carboxylic acids is 1. The Morgan fingerprint density at radius 3 is 2.28 bits per heavy atom. The van der Waals surface area contributed by atoms with Crippen LogP contribution in [0, 0.1) is 35.5 Å². The number of esters is 1. The molecule has 4 rings (SSSR count). The van der Waals surface area contributed by atoms with Gasteiger partial charge in [-0.2, -0.15) is 0 Å². The number of rotatable bonds is 8. The predicted octanol–water partition coefficient (Wildman–Crippen LogP) is 5.21. The highest BCUT2D eigenvalue weighted by molar-refractivity contribution is 6.39. The topological polar surface area (TPSA) is 251 Å². The number of piperidine rings is 1. The summed E-state index contributed by atoms with van der Waals surface area (Å²) in [6, 6.07) is -1.15. The number of cyclic esters (lactones) is 1. The van der Waals surface area contributed by atoms with Crippen molar-refractivity contribution in [1.29, 1.82) is 0 Å². The summed E-state index contributed by atoms with van der Waals surface area (Å²) in [6.45, 7) is 11.9. The van der Waals surface area contributed by atoms with Crippen LogP contribution in [0.4, 0.5) is 0 Å². The molecule has 3 fully saturated rings. The SMILES string of the molecule is CO[C@H]1C[C@@H]2CC[C@@H](C)[C@@](O)(O2)C(=O)C(=O)N2CCCC[C@H]2C(=O)O[C@H]([C@H](C)C[C@@H]2CC[C@@H](O)[C@H](OC)C2)C[C@@H](O)[C@H](C)/C=C(\C)[C@@H](O)[C@@H](O)/C(=N\OCC(=O)O)[C@H](C)C[C@H](C)/C=C/C=C/C=C/1C. The second-order valence-corrected chi connectivity index (χ2v) is 20.4. The number of allylic oxidation sites excluding steroid dienone is 5. The molecule has 17 heteroatoms. The molecular weight excluding hydrogens is 893 g/mol. The fourth-order valence-electron chi connectivity index (χ4n) is 10.4. The second kappa shape index (κ2) is 27.1. The van der Waals surface area contributed by atoms with Gasteiger partial charge in [-0.25, -0.2) is 9.59 Å². The van der Waals surface area contributed by atoms with E-state index in [4.69, 9.17) is 23.8 Å². The Labute approximate surface area is 408 Å². The third kappa shape index (κ3) is 16.1. The van der Waals surface area contributed by atoms with E-state index in [1.54, 1.807) is 48.0 Å². The number of nitrogens with zero attached hydrogens (tertiary/aromatic N) is 2. The summed E-state index contributed by atoms with van der Waals surface area (Å²) >= 11 is 0. The molecule has 6 N–H and O–H groups in total. The number of fused-ring (bicyclic) bond motifs is 3. The van der Waals surface area contributed by atoms with Crippen molar-refractivity contribution in [1.82, 2.24) is 4.90 Å². The summed E-state index contributed by atoms with van der Waals surface area (Å²) in [5.74, 6) is -8.76. The predicted molar refractivity (Wildman–Crippen MR) is 257 cm³/mol. The van der Waals surface area contributed by atoms with Gasteiger partial charge in [0, 0.05) is 51.4 Å². The van der Waals surface area contributed by atoms with E-state index < -0.39 is 103 Å². The van der Waals surface area contributed by atoms with E-state index in [1.165, 1.54) is 4.90 Å². The zero-order valence-electron chi connectivity index (χ0n) is 42.3. The van der Waals surface area contributed by atoms with Gasteiger partial charge in [0.2, 0.25) is 12.4 Å². The van der Waals surface area contributed by atoms with Gasteiger partial charge in [0.25, 0.3) is 11.7 Å². The van der Waals surface area contributed by atoms with Crippen LogP contribution in [-0.2, 0) is 43.0 Å². The molecule has 390 valence electrons. The summed E-state index contributed by atoms with van der Waals surface area (Å²) in [5.41, 5.74) is 1.19. The Balaban J connectivity index is 1.73. The minimum absolute atomic E-state index is 0.0455. The van der Waals surface area contributed by atoms with E-state index in [0.29, 0.717) is 69.8 Å². The molecule has 0 aromatic carbocycles. The van der Waals surface area contributed by atoms with Crippen LogP contribution in [0.3, 0.4) is 0 Å². The summed E-state index contributed by atoms with van der Waals surface area (Å²) in [6.07, 6.45) is 9.14. The number of methoxy groups -OCH3 is 2. The molecule has 0 aromatic heterocycles. The fourth-order valence-corrected chi connectivity index (χ4v) is 10.4. The molecule has 2 saturated heterocycles. The molecule has 1 saturated carbocycles. The Bertz CT molecular complexity index is 1870. The number of Topliss-reactive ketones (excluding diaryl/α,β-unsaturated/α-hetero) is 1. The van der Waals surface area contributed by atoms with E-state index in [2.05, 4.69) is 5.16 Å². The first-order chi connectivity index (χ1) is 32.6. The highest BCUT2D eigenvalue weighted by atomic mass is 16.6. The van der Waals surface area contributed by atoms with E-state index in [9.17, 15) is 49.8 Å². The highest BCUT2D eigenvalue weighted by Gasteiger charge is 2.53. The molecule has 1 aliphatic carbocycles. The first-order valence-electron chi connectivity index (χ1n) is 25.0. The molecule has 0 radical (unpaired) electrons. The Hall–Kier alpha value is -3.81. The number of aliphatic hydroxyl groups is 5. The van der Waals surface area contributed by atoms with Crippen LogP contribution in [0.25, 0.3) is 0 Å². The quantitative estimate of drug-likeness (QED) is 0.0791. The Kier molecular flexibility index (Phi) is 22.7. The number of ether oxygens (including phenoxy) is 4. The zero-order chi connectivity index (χ0) is 51.2. The lowest BCUT2D eigenvalue weighted by molar-refractivity contribution is -0.265. The van der Waals surface area contributed by atoms with Gasteiger partial charge >= 0.3 is 11.9 Å². The summed E-state index contributed by atoms with van der Waals surface area (Å²) in [4.78, 5) is 60.5. The number of aliphatic hydroxyl groups excluding tert-OH is 4. The minimum atomic E-state index is -2.44. The number of carbonyl (C=O) groups excluding carboxylic acids is 3. The number of oxime groups is 1. The lowest BCUT2D eigenvalue weighted by Gasteiger charge is -2.42. The molecule has 3 heterocycles. The van der Waals surface area contributed by atoms with Gasteiger partial charge in [-0.1, -0.05) is 76.2 Å².